The summed E-state index contributed by atoms with van der Waals surface area (Å²) in [6, 6.07) is 17.1. The van der Waals surface area contributed by atoms with Crippen molar-refractivity contribution in [3.8, 4) is 5.75 Å². The van der Waals surface area contributed by atoms with E-state index in [0.29, 0.717) is 27.9 Å². The molecule has 0 saturated carbocycles. The summed E-state index contributed by atoms with van der Waals surface area (Å²) in [4.78, 5) is 12.4. The monoisotopic (exact) mass is 407 g/mol. The van der Waals surface area contributed by atoms with Gasteiger partial charge in [0, 0.05) is 17.0 Å². The van der Waals surface area contributed by atoms with Gasteiger partial charge >= 0.3 is 5.97 Å². The lowest BCUT2D eigenvalue weighted by Gasteiger charge is -2.11. The molecule has 0 fully saturated rings. The summed E-state index contributed by atoms with van der Waals surface area (Å²) >= 11 is 6.19. The Morgan fingerprint density at radius 1 is 1.07 bits per heavy atom. The molecule has 0 spiro atoms. The molecule has 0 aliphatic heterocycles. The topological polar surface area (TPSA) is 51.5 Å². The Kier molecular flexibility index (Phi) is 4.97. The van der Waals surface area contributed by atoms with Crippen LogP contribution in [-0.2, 0) is 11.3 Å². The van der Waals surface area contributed by atoms with Gasteiger partial charge in [0.05, 0.1) is 29.1 Å². The van der Waals surface area contributed by atoms with Crippen LogP contribution in [0.5, 0.6) is 5.75 Å². The van der Waals surface area contributed by atoms with E-state index in [4.69, 9.17) is 16.3 Å². The Morgan fingerprint density at radius 3 is 2.52 bits per heavy atom. The maximum atomic E-state index is 12.4. The molecule has 1 aromatic heterocycles. The highest BCUT2D eigenvalue weighted by molar-refractivity contribution is 6.30. The summed E-state index contributed by atoms with van der Waals surface area (Å²) in [5.74, 6) is -0.00912. The number of phenolic OH excluding ortho intramolecular Hbond substituents is 1. The second-order valence-electron chi connectivity index (χ2n) is 7.50. The van der Waals surface area contributed by atoms with Crippen LogP contribution >= 0.6 is 11.6 Å². The molecule has 5 heteroatoms. The van der Waals surface area contributed by atoms with Gasteiger partial charge in [-0.15, -0.1) is 0 Å². The summed E-state index contributed by atoms with van der Waals surface area (Å²) < 4.78 is 7.11. The average Bonchev–Trinajstić information content (AvgIpc) is 3.01. The van der Waals surface area contributed by atoms with E-state index in [0.717, 1.165) is 22.2 Å². The number of aromatic hydroxyl groups is 1. The van der Waals surface area contributed by atoms with E-state index in [9.17, 15) is 9.90 Å². The normalized spacial score (nSPS) is 11.5. The number of benzene rings is 3. The van der Waals surface area contributed by atoms with Crippen LogP contribution in [0.2, 0.25) is 5.02 Å². The number of hydrogen-bond donors (Lipinski definition) is 1. The van der Waals surface area contributed by atoms with E-state index in [2.05, 4.69) is 24.5 Å². The summed E-state index contributed by atoms with van der Waals surface area (Å²) in [6.07, 6.45) is 0. The molecule has 0 saturated heterocycles. The van der Waals surface area contributed by atoms with Crippen molar-refractivity contribution in [3.63, 3.8) is 0 Å². The highest BCUT2D eigenvalue weighted by Gasteiger charge is 2.21. The molecule has 0 aliphatic rings. The molecule has 0 aliphatic carbocycles. The molecule has 1 heterocycles. The smallest absolute Gasteiger partial charge is 0.338 e. The van der Waals surface area contributed by atoms with E-state index in [-0.39, 0.29) is 11.7 Å². The van der Waals surface area contributed by atoms with Crippen LogP contribution in [0.4, 0.5) is 0 Å². The molecule has 0 radical (unpaired) electrons. The van der Waals surface area contributed by atoms with Crippen LogP contribution in [-0.4, -0.2) is 22.8 Å². The van der Waals surface area contributed by atoms with E-state index < -0.39 is 5.97 Å². The molecule has 0 unspecified atom stereocenters. The standard InChI is InChI=1S/C24H22ClNO3/c1-14(2)16-11-20-23(21(27)12-16)22-18(24(28)29-3)8-5-9-19(22)26(20)13-15-6-4-7-17(25)10-15/h4-12,14,27H,13H2,1-3H3. The second-order valence-corrected chi connectivity index (χ2v) is 7.93. The molecule has 0 amide bonds. The van der Waals surface area contributed by atoms with Gasteiger partial charge in [0.1, 0.15) is 5.75 Å². The van der Waals surface area contributed by atoms with Crippen LogP contribution < -0.4 is 0 Å². The predicted molar refractivity (Wildman–Crippen MR) is 117 cm³/mol. The minimum absolute atomic E-state index is 0.164. The molecule has 4 aromatic rings. The van der Waals surface area contributed by atoms with Crippen LogP contribution in [0, 0.1) is 0 Å². The largest absolute Gasteiger partial charge is 0.507 e. The van der Waals surface area contributed by atoms with E-state index in [1.807, 2.05) is 36.4 Å². The summed E-state index contributed by atoms with van der Waals surface area (Å²) in [6.45, 7) is 4.74. The Balaban J connectivity index is 2.10. The first-order valence-electron chi connectivity index (χ1n) is 9.51. The third-order valence-electron chi connectivity index (χ3n) is 5.29. The summed E-state index contributed by atoms with van der Waals surface area (Å²) in [7, 11) is 1.36. The summed E-state index contributed by atoms with van der Waals surface area (Å²) in [5, 5.41) is 12.9. The van der Waals surface area contributed by atoms with Gasteiger partial charge in [-0.2, -0.15) is 0 Å². The molecule has 4 nitrogen and oxygen atoms in total. The van der Waals surface area contributed by atoms with E-state index in [1.54, 1.807) is 12.1 Å². The zero-order valence-corrected chi connectivity index (χ0v) is 17.3. The van der Waals surface area contributed by atoms with Crippen molar-refractivity contribution in [1.82, 2.24) is 4.57 Å². The van der Waals surface area contributed by atoms with Gasteiger partial charge in [0.25, 0.3) is 0 Å². The van der Waals surface area contributed by atoms with Crippen molar-refractivity contribution in [2.45, 2.75) is 26.3 Å². The molecule has 29 heavy (non-hydrogen) atoms. The molecular formula is C24H22ClNO3. The third kappa shape index (κ3) is 3.34. The lowest BCUT2D eigenvalue weighted by molar-refractivity contribution is 0.0603. The molecular weight excluding hydrogens is 386 g/mol. The maximum absolute atomic E-state index is 12.4. The first kappa shape index (κ1) is 19.3. The number of fused-ring (bicyclic) bond motifs is 3. The zero-order chi connectivity index (χ0) is 20.7. The van der Waals surface area contributed by atoms with Gasteiger partial charge in [0.2, 0.25) is 0 Å². The summed E-state index contributed by atoms with van der Waals surface area (Å²) in [5.41, 5.74) is 4.24. The first-order valence-corrected chi connectivity index (χ1v) is 9.89. The van der Waals surface area contributed by atoms with Crippen molar-refractivity contribution in [2.75, 3.05) is 7.11 Å². The fourth-order valence-electron chi connectivity index (χ4n) is 3.86. The molecule has 3 aromatic carbocycles. The Morgan fingerprint density at radius 2 is 1.83 bits per heavy atom. The van der Waals surface area contributed by atoms with Gasteiger partial charge < -0.3 is 14.4 Å². The van der Waals surface area contributed by atoms with Crippen molar-refractivity contribution in [3.05, 3.63) is 76.3 Å². The molecule has 0 bridgehead atoms. The van der Waals surface area contributed by atoms with Gasteiger partial charge in [-0.3, -0.25) is 0 Å². The highest BCUT2D eigenvalue weighted by atomic mass is 35.5. The third-order valence-corrected chi connectivity index (χ3v) is 5.53. The second kappa shape index (κ2) is 7.45. The number of nitrogens with zero attached hydrogens (tertiary/aromatic N) is 1. The van der Waals surface area contributed by atoms with Crippen molar-refractivity contribution in [1.29, 1.82) is 0 Å². The number of ether oxygens (including phenoxy) is 1. The van der Waals surface area contributed by atoms with Gasteiger partial charge in [-0.25, -0.2) is 4.79 Å². The zero-order valence-electron chi connectivity index (χ0n) is 16.6. The molecule has 0 atom stereocenters. The maximum Gasteiger partial charge on any atom is 0.338 e. The Bertz CT molecular complexity index is 1240. The van der Waals surface area contributed by atoms with E-state index >= 15 is 0 Å². The molecule has 4 rings (SSSR count). The minimum Gasteiger partial charge on any atom is -0.507 e. The highest BCUT2D eigenvalue weighted by Crippen LogP contribution is 2.40. The van der Waals surface area contributed by atoms with E-state index in [1.165, 1.54) is 7.11 Å². The lowest BCUT2D eigenvalue weighted by Crippen LogP contribution is -2.03. The number of halogens is 1. The number of carbonyl (C=O) groups is 1. The minimum atomic E-state index is -0.426. The Hall–Kier alpha value is -2.98. The van der Waals surface area contributed by atoms with Gasteiger partial charge in [-0.05, 0) is 53.4 Å². The van der Waals surface area contributed by atoms with Crippen molar-refractivity contribution in [2.24, 2.45) is 0 Å². The number of phenols is 1. The van der Waals surface area contributed by atoms with Crippen LogP contribution in [0.25, 0.3) is 21.8 Å². The average molecular weight is 408 g/mol. The Labute approximate surface area is 174 Å². The van der Waals surface area contributed by atoms with Crippen LogP contribution in [0.3, 0.4) is 0 Å². The first-order chi connectivity index (χ1) is 13.9. The van der Waals surface area contributed by atoms with Crippen molar-refractivity contribution < 1.29 is 14.6 Å². The number of hydrogen-bond acceptors (Lipinski definition) is 3. The lowest BCUT2D eigenvalue weighted by atomic mass is 9.99. The molecule has 148 valence electrons. The number of rotatable bonds is 4. The molecule has 1 N–H and O–H groups in total. The number of carbonyl (C=O) groups excluding carboxylic acids is 1. The SMILES string of the molecule is COC(=O)c1cccc2c1c1c(O)cc(C(C)C)cc1n2Cc1cccc(Cl)c1. The quantitative estimate of drug-likeness (QED) is 0.415. The van der Waals surface area contributed by atoms with Gasteiger partial charge in [-0.1, -0.05) is 43.6 Å². The van der Waals surface area contributed by atoms with Crippen LogP contribution in [0.15, 0.2) is 54.6 Å². The van der Waals surface area contributed by atoms with Crippen LogP contribution in [0.1, 0.15) is 41.3 Å². The number of aromatic nitrogens is 1. The fraction of sp³-hybridized carbons (Fsp3) is 0.208. The fourth-order valence-corrected chi connectivity index (χ4v) is 4.07. The van der Waals surface area contributed by atoms with Gasteiger partial charge in [0.15, 0.2) is 0 Å². The van der Waals surface area contributed by atoms with Crippen molar-refractivity contribution >= 4 is 39.4 Å². The number of methoxy groups -OCH3 is 1. The number of esters is 1. The predicted octanol–water partition coefficient (Wildman–Crippen LogP) is 6.11.